The summed E-state index contributed by atoms with van der Waals surface area (Å²) < 4.78 is 12.8. The molecule has 116 valence electrons. The maximum absolute atomic E-state index is 12.8. The van der Waals surface area contributed by atoms with Crippen LogP contribution in [0.3, 0.4) is 0 Å². The Morgan fingerprint density at radius 2 is 1.95 bits per heavy atom. The lowest BCUT2D eigenvalue weighted by Gasteiger charge is -2.13. The molecule has 22 heavy (non-hydrogen) atoms. The average Bonchev–Trinajstić information content (AvgIpc) is 2.50. The van der Waals surface area contributed by atoms with Gasteiger partial charge in [-0.15, -0.1) is 0 Å². The van der Waals surface area contributed by atoms with Gasteiger partial charge in [-0.3, -0.25) is 4.79 Å². The fourth-order valence-corrected chi connectivity index (χ4v) is 2.20. The Bertz CT molecular complexity index is 658. The lowest BCUT2D eigenvalue weighted by molar-refractivity contribution is -0.124. The smallest absolute Gasteiger partial charge is 0.253 e. The molecule has 0 saturated heterocycles. The predicted molar refractivity (Wildman–Crippen MR) is 85.5 cm³/mol. The number of amides is 1. The lowest BCUT2D eigenvalue weighted by Crippen LogP contribution is -2.28. The van der Waals surface area contributed by atoms with E-state index < -0.39 is 12.0 Å². The van der Waals surface area contributed by atoms with Crippen LogP contribution in [-0.2, 0) is 11.2 Å². The summed E-state index contributed by atoms with van der Waals surface area (Å²) >= 11 is 5.89. The van der Waals surface area contributed by atoms with E-state index in [0.717, 1.165) is 11.1 Å². The summed E-state index contributed by atoms with van der Waals surface area (Å²) in [7, 11) is 0. The molecule has 3 nitrogen and oxygen atoms in total. The second kappa shape index (κ2) is 7.38. The Hall–Kier alpha value is -1.91. The van der Waals surface area contributed by atoms with Crippen molar-refractivity contribution < 1.29 is 14.3 Å². The quantitative estimate of drug-likeness (QED) is 0.881. The molecule has 0 aliphatic rings. The van der Waals surface area contributed by atoms with Crippen molar-refractivity contribution in [3.63, 3.8) is 0 Å². The highest BCUT2D eigenvalue weighted by atomic mass is 35.5. The first-order valence-corrected chi connectivity index (χ1v) is 7.33. The number of carbonyl (C=O) groups is 1. The van der Waals surface area contributed by atoms with E-state index in [4.69, 9.17) is 11.6 Å². The second-order valence-electron chi connectivity index (χ2n) is 5.13. The number of hydrogen-bond acceptors (Lipinski definition) is 2. The molecule has 2 aromatic carbocycles. The molecule has 0 saturated carbocycles. The minimum absolute atomic E-state index is 0.261. The first-order chi connectivity index (χ1) is 10.5. The van der Waals surface area contributed by atoms with Crippen LogP contribution in [0, 0.1) is 12.7 Å². The van der Waals surface area contributed by atoms with Crippen LogP contribution in [0.5, 0.6) is 0 Å². The van der Waals surface area contributed by atoms with Crippen LogP contribution < -0.4 is 5.32 Å². The largest absolute Gasteiger partial charge is 0.383 e. The number of halogens is 2. The average molecular weight is 322 g/mol. The van der Waals surface area contributed by atoms with Crippen molar-refractivity contribution in [3.8, 4) is 0 Å². The number of nitrogens with one attached hydrogen (secondary N) is 1. The van der Waals surface area contributed by atoms with Crippen molar-refractivity contribution >= 4 is 23.2 Å². The molecule has 0 bridgehead atoms. The van der Waals surface area contributed by atoms with E-state index >= 15 is 0 Å². The molecule has 0 unspecified atom stereocenters. The van der Waals surface area contributed by atoms with E-state index in [1.807, 2.05) is 6.92 Å². The highest BCUT2D eigenvalue weighted by Gasteiger charge is 2.16. The summed E-state index contributed by atoms with van der Waals surface area (Å²) in [5.74, 6) is -0.786. The highest BCUT2D eigenvalue weighted by Crippen LogP contribution is 2.20. The van der Waals surface area contributed by atoms with Crippen molar-refractivity contribution in [1.29, 1.82) is 0 Å². The minimum Gasteiger partial charge on any atom is -0.383 e. The van der Waals surface area contributed by atoms with Crippen LogP contribution in [-0.4, -0.2) is 17.1 Å². The number of carbonyl (C=O) groups excluding carboxylic acids is 1. The van der Waals surface area contributed by atoms with Crippen molar-refractivity contribution in [2.24, 2.45) is 0 Å². The summed E-state index contributed by atoms with van der Waals surface area (Å²) in [6, 6.07) is 11.2. The summed E-state index contributed by atoms with van der Waals surface area (Å²) in [6.45, 7) is 1.84. The van der Waals surface area contributed by atoms with Gasteiger partial charge in [-0.2, -0.15) is 0 Å². The highest BCUT2D eigenvalue weighted by molar-refractivity contribution is 6.31. The van der Waals surface area contributed by atoms with Crippen LogP contribution in [0.25, 0.3) is 0 Å². The summed E-state index contributed by atoms with van der Waals surface area (Å²) in [5, 5.41) is 13.1. The Labute approximate surface area is 133 Å². The fourth-order valence-electron chi connectivity index (χ4n) is 2.03. The van der Waals surface area contributed by atoms with Crippen LogP contribution in [0.4, 0.5) is 10.1 Å². The molecule has 0 fully saturated rings. The fraction of sp³-hybridized carbons (Fsp3) is 0.235. The van der Waals surface area contributed by atoms with Crippen molar-refractivity contribution in [2.45, 2.75) is 25.9 Å². The molecule has 1 amide bonds. The number of benzene rings is 2. The molecule has 2 N–H and O–H groups in total. The maximum Gasteiger partial charge on any atom is 0.253 e. The van der Waals surface area contributed by atoms with E-state index in [9.17, 15) is 14.3 Å². The molecule has 2 rings (SSSR count). The predicted octanol–water partition coefficient (Wildman–Crippen LogP) is 3.72. The Morgan fingerprint density at radius 3 is 2.64 bits per heavy atom. The molecule has 0 spiro atoms. The molecular formula is C17H17ClFNO2. The number of rotatable bonds is 5. The zero-order valence-electron chi connectivity index (χ0n) is 12.1. The maximum atomic E-state index is 12.8. The van der Waals surface area contributed by atoms with Gasteiger partial charge in [-0.1, -0.05) is 29.8 Å². The van der Waals surface area contributed by atoms with Gasteiger partial charge in [0, 0.05) is 10.7 Å². The number of aliphatic hydroxyl groups excluding tert-OH is 1. The molecule has 5 heteroatoms. The molecule has 0 radical (unpaired) electrons. The molecule has 0 aliphatic carbocycles. The van der Waals surface area contributed by atoms with Crippen molar-refractivity contribution in [2.75, 3.05) is 5.32 Å². The first kappa shape index (κ1) is 16.5. The van der Waals surface area contributed by atoms with Crippen LogP contribution in [0.2, 0.25) is 5.02 Å². The van der Waals surface area contributed by atoms with E-state index in [-0.39, 0.29) is 12.2 Å². The second-order valence-corrected chi connectivity index (χ2v) is 5.57. The Balaban J connectivity index is 1.91. The summed E-state index contributed by atoms with van der Waals surface area (Å²) in [6.07, 6.45) is -0.385. The lowest BCUT2D eigenvalue weighted by atomic mass is 10.1. The van der Waals surface area contributed by atoms with Crippen molar-refractivity contribution in [3.05, 3.63) is 64.4 Å². The van der Waals surface area contributed by atoms with Gasteiger partial charge in [-0.05, 0) is 55.2 Å². The standard InChI is InChI=1S/C17H17ClFNO2/c1-11-2-6-13(18)10-15(11)20-17(22)16(21)9-5-12-3-7-14(19)8-4-12/h2-4,6-8,10,16,21H,5,9H2,1H3,(H,20,22)/t16-/m0/s1. The molecule has 1 atom stereocenters. The third kappa shape index (κ3) is 4.55. The van der Waals surface area contributed by atoms with Gasteiger partial charge >= 0.3 is 0 Å². The third-order valence-corrected chi connectivity index (χ3v) is 3.61. The van der Waals surface area contributed by atoms with Crippen molar-refractivity contribution in [1.82, 2.24) is 0 Å². The SMILES string of the molecule is Cc1ccc(Cl)cc1NC(=O)[C@@H](O)CCc1ccc(F)cc1. The summed E-state index contributed by atoms with van der Waals surface area (Å²) in [4.78, 5) is 12.0. The zero-order valence-corrected chi connectivity index (χ0v) is 12.9. The number of aryl methyl sites for hydroxylation is 2. The third-order valence-electron chi connectivity index (χ3n) is 3.38. The van der Waals surface area contributed by atoms with Gasteiger partial charge in [0.05, 0.1) is 0 Å². The van der Waals surface area contributed by atoms with Gasteiger partial charge in [-0.25, -0.2) is 4.39 Å². The summed E-state index contributed by atoms with van der Waals surface area (Å²) in [5.41, 5.74) is 2.31. The number of aliphatic hydroxyl groups is 1. The molecule has 0 aliphatic heterocycles. The van der Waals surface area contributed by atoms with Crippen LogP contribution in [0.15, 0.2) is 42.5 Å². The van der Waals surface area contributed by atoms with Crippen LogP contribution in [0.1, 0.15) is 17.5 Å². The normalized spacial score (nSPS) is 12.0. The minimum atomic E-state index is -1.14. The van der Waals surface area contributed by atoms with Gasteiger partial charge in [0.25, 0.3) is 5.91 Å². The number of hydrogen-bond donors (Lipinski definition) is 2. The van der Waals surface area contributed by atoms with E-state index in [2.05, 4.69) is 5.32 Å². The number of anilines is 1. The molecular weight excluding hydrogens is 305 g/mol. The van der Waals surface area contributed by atoms with E-state index in [1.54, 1.807) is 30.3 Å². The molecule has 0 aromatic heterocycles. The zero-order chi connectivity index (χ0) is 16.1. The first-order valence-electron chi connectivity index (χ1n) is 6.95. The van der Waals surface area contributed by atoms with E-state index in [0.29, 0.717) is 17.1 Å². The van der Waals surface area contributed by atoms with Gasteiger partial charge in [0.2, 0.25) is 0 Å². The Kier molecular flexibility index (Phi) is 5.52. The van der Waals surface area contributed by atoms with Gasteiger partial charge < -0.3 is 10.4 Å². The Morgan fingerprint density at radius 1 is 1.27 bits per heavy atom. The molecule has 2 aromatic rings. The van der Waals surface area contributed by atoms with E-state index in [1.165, 1.54) is 12.1 Å². The van der Waals surface area contributed by atoms with Crippen LogP contribution >= 0.6 is 11.6 Å². The molecule has 0 heterocycles. The topological polar surface area (TPSA) is 49.3 Å². The van der Waals surface area contributed by atoms with Gasteiger partial charge in [0.15, 0.2) is 0 Å². The monoisotopic (exact) mass is 321 g/mol. The van der Waals surface area contributed by atoms with Gasteiger partial charge in [0.1, 0.15) is 11.9 Å².